The van der Waals surface area contributed by atoms with E-state index < -0.39 is 11.4 Å². The number of pyridine rings is 1. The van der Waals surface area contributed by atoms with Crippen molar-refractivity contribution >= 4 is 22.1 Å². The molecule has 0 radical (unpaired) electrons. The van der Waals surface area contributed by atoms with Gasteiger partial charge in [0.05, 0.1) is 29.4 Å². The normalized spacial score (nSPS) is 14.5. The number of aromatic nitrogens is 1. The first-order chi connectivity index (χ1) is 13.5. The third kappa shape index (κ3) is 3.24. The highest BCUT2D eigenvalue weighted by Gasteiger charge is 2.28. The molecular formula is C19H17NO7S. The van der Waals surface area contributed by atoms with Crippen LogP contribution in [0.4, 0.5) is 0 Å². The number of hydrogen-bond donors (Lipinski definition) is 2. The fraction of sp³-hybridized carbons (Fsp3) is 0.211. The van der Waals surface area contributed by atoms with Crippen LogP contribution >= 0.6 is 0 Å². The van der Waals surface area contributed by atoms with E-state index in [0.717, 1.165) is 46.5 Å². The van der Waals surface area contributed by atoms with Gasteiger partial charge in [0.25, 0.3) is 0 Å². The summed E-state index contributed by atoms with van der Waals surface area (Å²) in [6, 6.07) is 10.00. The standard InChI is InChI=1S/C19H15NO4.H2O3S/c1-22-16-3-2-11-6-15-13-8-18-17(23-10-24-18)7-12(13)4-5-20(15)9-14(11)19(16)21;1-4(2)3/h2-3,6-9H,4-5,10H2,1H3;(H2,1,2,3). The van der Waals surface area contributed by atoms with Crippen molar-refractivity contribution in [2.45, 2.75) is 13.0 Å². The number of rotatable bonds is 1. The average molecular weight is 403 g/mol. The van der Waals surface area contributed by atoms with E-state index in [1.165, 1.54) is 5.56 Å². The Hall–Kier alpha value is -2.88. The Morgan fingerprint density at radius 2 is 1.93 bits per heavy atom. The topological polar surface area (TPSA) is 112 Å². The number of phenolic OH excluding ortho intramolecular Hbond substituents is 1. The van der Waals surface area contributed by atoms with Gasteiger partial charge in [-0.2, -0.15) is 4.57 Å². The molecule has 2 aliphatic heterocycles. The van der Waals surface area contributed by atoms with Crippen molar-refractivity contribution in [1.82, 2.24) is 0 Å². The fourth-order valence-electron chi connectivity index (χ4n) is 3.57. The van der Waals surface area contributed by atoms with Crippen molar-refractivity contribution < 1.29 is 37.2 Å². The number of nitrogens with zero attached hydrogens (tertiary/aromatic N) is 1. The first kappa shape index (κ1) is 18.5. The SMILES string of the molecule is COc1ccc2cc3[n+](cc2c1O)CCc1cc2c(cc1-3)OCO2.O=S([O-])O. The van der Waals surface area contributed by atoms with Gasteiger partial charge in [0, 0.05) is 12.5 Å². The van der Waals surface area contributed by atoms with E-state index >= 15 is 0 Å². The summed E-state index contributed by atoms with van der Waals surface area (Å²) in [7, 11) is 1.56. The third-order valence-electron chi connectivity index (χ3n) is 4.82. The van der Waals surface area contributed by atoms with Gasteiger partial charge < -0.3 is 28.4 Å². The molecule has 28 heavy (non-hydrogen) atoms. The molecule has 1 atom stereocenters. The van der Waals surface area contributed by atoms with Crippen LogP contribution in [0.5, 0.6) is 23.0 Å². The molecule has 0 saturated heterocycles. The van der Waals surface area contributed by atoms with Crippen LogP contribution < -0.4 is 18.8 Å². The van der Waals surface area contributed by atoms with Crippen LogP contribution in [0.25, 0.3) is 22.0 Å². The highest BCUT2D eigenvalue weighted by atomic mass is 32.2. The van der Waals surface area contributed by atoms with Gasteiger partial charge >= 0.3 is 0 Å². The zero-order valence-corrected chi connectivity index (χ0v) is 15.7. The predicted molar refractivity (Wildman–Crippen MR) is 99.2 cm³/mol. The molecular weight excluding hydrogens is 386 g/mol. The van der Waals surface area contributed by atoms with E-state index in [2.05, 4.69) is 22.8 Å². The van der Waals surface area contributed by atoms with E-state index in [4.69, 9.17) is 27.5 Å². The minimum absolute atomic E-state index is 0.182. The Morgan fingerprint density at radius 3 is 2.64 bits per heavy atom. The second-order valence-corrected chi connectivity index (χ2v) is 6.74. The van der Waals surface area contributed by atoms with Gasteiger partial charge in [-0.3, -0.25) is 0 Å². The van der Waals surface area contributed by atoms with Crippen molar-refractivity contribution in [3.05, 3.63) is 42.1 Å². The molecule has 0 spiro atoms. The zero-order valence-electron chi connectivity index (χ0n) is 14.9. The van der Waals surface area contributed by atoms with Crippen molar-refractivity contribution in [3.8, 4) is 34.3 Å². The van der Waals surface area contributed by atoms with Gasteiger partial charge in [0.1, 0.15) is 0 Å². The number of methoxy groups -OCH3 is 1. The Labute approximate surface area is 163 Å². The molecule has 9 heteroatoms. The monoisotopic (exact) mass is 403 g/mol. The number of ether oxygens (including phenoxy) is 3. The number of fused-ring (bicyclic) bond motifs is 5. The largest absolute Gasteiger partial charge is 0.750 e. The van der Waals surface area contributed by atoms with Gasteiger partial charge in [-0.15, -0.1) is 0 Å². The molecule has 0 bridgehead atoms. The van der Waals surface area contributed by atoms with Crippen molar-refractivity contribution in [3.63, 3.8) is 0 Å². The zero-order chi connectivity index (χ0) is 19.8. The van der Waals surface area contributed by atoms with Crippen molar-refractivity contribution in [2.24, 2.45) is 0 Å². The highest BCUT2D eigenvalue weighted by Crippen LogP contribution is 2.41. The molecule has 0 saturated carbocycles. The predicted octanol–water partition coefficient (Wildman–Crippen LogP) is 2.13. The fourth-order valence-corrected chi connectivity index (χ4v) is 3.57. The highest BCUT2D eigenvalue weighted by molar-refractivity contribution is 7.73. The molecule has 1 aromatic heterocycles. The van der Waals surface area contributed by atoms with Gasteiger partial charge in [-0.05, 0) is 35.2 Å². The summed E-state index contributed by atoms with van der Waals surface area (Å²) in [5, 5.41) is 12.2. The van der Waals surface area contributed by atoms with E-state index in [-0.39, 0.29) is 12.5 Å². The van der Waals surface area contributed by atoms with Crippen LogP contribution in [0.15, 0.2) is 36.5 Å². The molecule has 0 fully saturated rings. The summed E-state index contributed by atoms with van der Waals surface area (Å²) in [4.78, 5) is 0. The maximum atomic E-state index is 10.4. The van der Waals surface area contributed by atoms with E-state index in [9.17, 15) is 5.11 Å². The molecule has 0 amide bonds. The lowest BCUT2D eigenvalue weighted by Gasteiger charge is -2.16. The number of aryl methyl sites for hydroxylation is 2. The lowest BCUT2D eigenvalue weighted by atomic mass is 9.95. The number of hydrogen-bond acceptors (Lipinski definition) is 6. The number of benzene rings is 2. The van der Waals surface area contributed by atoms with Crippen molar-refractivity contribution in [1.29, 1.82) is 0 Å². The molecule has 8 nitrogen and oxygen atoms in total. The molecule has 146 valence electrons. The summed E-state index contributed by atoms with van der Waals surface area (Å²) < 4.78 is 42.5. The lowest BCUT2D eigenvalue weighted by Crippen LogP contribution is -2.39. The van der Waals surface area contributed by atoms with E-state index in [0.29, 0.717) is 5.75 Å². The first-order valence-electron chi connectivity index (χ1n) is 8.42. The smallest absolute Gasteiger partial charge is 0.231 e. The summed E-state index contributed by atoms with van der Waals surface area (Å²) in [5.74, 6) is 2.29. The Morgan fingerprint density at radius 1 is 1.21 bits per heavy atom. The molecule has 0 aliphatic carbocycles. The van der Waals surface area contributed by atoms with Crippen LogP contribution in [0.1, 0.15) is 5.56 Å². The quantitative estimate of drug-likeness (QED) is 0.473. The van der Waals surface area contributed by atoms with Crippen LogP contribution in [-0.2, 0) is 24.3 Å². The second-order valence-electron chi connectivity index (χ2n) is 6.30. The van der Waals surface area contributed by atoms with Crippen LogP contribution in [0.3, 0.4) is 0 Å². The minimum atomic E-state index is -2.86. The van der Waals surface area contributed by atoms with E-state index in [1.807, 2.05) is 12.3 Å². The van der Waals surface area contributed by atoms with Gasteiger partial charge in [0.2, 0.25) is 12.5 Å². The van der Waals surface area contributed by atoms with Crippen LogP contribution in [0.2, 0.25) is 0 Å². The Balaban J connectivity index is 0.000000442. The number of phenols is 1. The van der Waals surface area contributed by atoms with Gasteiger partial charge in [0.15, 0.2) is 35.7 Å². The Kier molecular flexibility index (Phi) is 4.80. The molecule has 3 aromatic rings. The van der Waals surface area contributed by atoms with Crippen LogP contribution in [0, 0.1) is 0 Å². The van der Waals surface area contributed by atoms with Crippen molar-refractivity contribution in [2.75, 3.05) is 13.9 Å². The molecule has 2 aromatic carbocycles. The summed E-state index contributed by atoms with van der Waals surface area (Å²) >= 11 is -2.86. The first-order valence-corrected chi connectivity index (χ1v) is 9.45. The van der Waals surface area contributed by atoms with Gasteiger partial charge in [-0.25, -0.2) is 4.21 Å². The molecule has 5 rings (SSSR count). The summed E-state index contributed by atoms with van der Waals surface area (Å²) in [6.07, 6.45) is 2.91. The number of aromatic hydroxyl groups is 1. The molecule has 3 heterocycles. The minimum Gasteiger partial charge on any atom is -0.750 e. The van der Waals surface area contributed by atoms with Crippen LogP contribution in [-0.4, -0.2) is 32.3 Å². The maximum absolute atomic E-state index is 10.4. The average Bonchev–Trinajstić information content (AvgIpc) is 3.12. The van der Waals surface area contributed by atoms with Gasteiger partial charge in [-0.1, -0.05) is 0 Å². The van der Waals surface area contributed by atoms with E-state index in [1.54, 1.807) is 13.2 Å². The second kappa shape index (κ2) is 7.27. The summed E-state index contributed by atoms with van der Waals surface area (Å²) in [5.41, 5.74) is 3.53. The lowest BCUT2D eigenvalue weighted by molar-refractivity contribution is -0.686. The summed E-state index contributed by atoms with van der Waals surface area (Å²) in [6.45, 7) is 1.14. The molecule has 1 unspecified atom stereocenters. The maximum Gasteiger partial charge on any atom is 0.231 e. The molecule has 2 aliphatic rings. The third-order valence-corrected chi connectivity index (χ3v) is 4.82. The Bertz CT molecular complexity index is 1100. The molecule has 2 N–H and O–H groups in total.